The van der Waals surface area contributed by atoms with Gasteiger partial charge in [0, 0.05) is 6.04 Å². The van der Waals surface area contributed by atoms with Crippen LogP contribution in [-0.4, -0.2) is 18.2 Å². The minimum absolute atomic E-state index is 0.236. The van der Waals surface area contributed by atoms with E-state index < -0.39 is 0 Å². The van der Waals surface area contributed by atoms with Crippen molar-refractivity contribution in [2.75, 3.05) is 6.61 Å². The van der Waals surface area contributed by atoms with Crippen molar-refractivity contribution in [2.45, 2.75) is 57.1 Å². The van der Waals surface area contributed by atoms with E-state index >= 15 is 0 Å². The maximum Gasteiger partial charge on any atom is 0.0691 e. The van der Waals surface area contributed by atoms with Gasteiger partial charge in [0.25, 0.3) is 0 Å². The van der Waals surface area contributed by atoms with Crippen LogP contribution < -0.4 is 11.3 Å². The third kappa shape index (κ3) is 1.89. The van der Waals surface area contributed by atoms with Crippen LogP contribution in [0.1, 0.15) is 45.4 Å². The Bertz CT molecular complexity index is 231. The molecule has 0 aromatic rings. The first-order valence-electron chi connectivity index (χ1n) is 6.79. The molecular weight excluding hydrogens is 200 g/mol. The van der Waals surface area contributed by atoms with E-state index in [0.717, 1.165) is 24.4 Å². The minimum atomic E-state index is 0.236. The van der Waals surface area contributed by atoms with Gasteiger partial charge in [-0.2, -0.15) is 0 Å². The predicted octanol–water partition coefficient (Wildman–Crippen LogP) is 1.82. The number of nitrogens with one attached hydrogen (secondary N) is 1. The van der Waals surface area contributed by atoms with Gasteiger partial charge < -0.3 is 4.74 Å². The van der Waals surface area contributed by atoms with E-state index in [9.17, 15) is 0 Å². The average molecular weight is 224 g/mol. The molecule has 4 saturated carbocycles. The molecule has 0 aromatic carbocycles. The Labute approximate surface area is 98.1 Å². The molecule has 3 nitrogen and oxygen atoms in total. The molecule has 0 radical (unpaired) electrons. The van der Waals surface area contributed by atoms with Crippen molar-refractivity contribution in [3.63, 3.8) is 0 Å². The van der Waals surface area contributed by atoms with E-state index in [1.165, 1.54) is 38.5 Å². The Morgan fingerprint density at radius 3 is 2.12 bits per heavy atom. The Kier molecular flexibility index (Phi) is 2.73. The lowest BCUT2D eigenvalue weighted by Gasteiger charge is -2.56. The van der Waals surface area contributed by atoms with Crippen molar-refractivity contribution in [3.05, 3.63) is 0 Å². The Hall–Kier alpha value is -0.120. The molecule has 3 heteroatoms. The Morgan fingerprint density at radius 2 is 1.69 bits per heavy atom. The highest BCUT2D eigenvalue weighted by Gasteiger charge is 2.51. The second-order valence-corrected chi connectivity index (χ2v) is 6.48. The maximum atomic E-state index is 6.25. The van der Waals surface area contributed by atoms with Crippen molar-refractivity contribution in [2.24, 2.45) is 23.6 Å². The summed E-state index contributed by atoms with van der Waals surface area (Å²) in [7, 11) is 0. The molecule has 4 fully saturated rings. The quantitative estimate of drug-likeness (QED) is 0.565. The molecule has 16 heavy (non-hydrogen) atoms. The first kappa shape index (κ1) is 11.0. The van der Waals surface area contributed by atoms with Gasteiger partial charge >= 0.3 is 0 Å². The fraction of sp³-hybridized carbons (Fsp3) is 1.00. The third-order valence-electron chi connectivity index (χ3n) is 4.91. The topological polar surface area (TPSA) is 47.3 Å². The zero-order valence-electron chi connectivity index (χ0n) is 10.2. The number of nitrogens with two attached hydrogens (primary N) is 1. The molecular formula is C13H24N2O. The van der Waals surface area contributed by atoms with Crippen LogP contribution in [0, 0.1) is 17.8 Å². The number of rotatable bonds is 4. The van der Waals surface area contributed by atoms with Gasteiger partial charge in [-0.1, -0.05) is 0 Å². The highest BCUT2D eigenvalue weighted by molar-refractivity contribution is 5.03. The smallest absolute Gasteiger partial charge is 0.0691 e. The molecule has 4 rings (SSSR count). The first-order valence-corrected chi connectivity index (χ1v) is 6.79. The SMILES string of the molecule is CC(COC12CC3CC(CC(C3)C1)C2)NN. The lowest BCUT2D eigenvalue weighted by atomic mass is 9.54. The number of ether oxygens (including phenoxy) is 1. The van der Waals surface area contributed by atoms with Gasteiger partial charge in [0.1, 0.15) is 0 Å². The minimum Gasteiger partial charge on any atom is -0.373 e. The van der Waals surface area contributed by atoms with Gasteiger partial charge in [0.2, 0.25) is 0 Å². The van der Waals surface area contributed by atoms with Crippen LogP contribution in [0.15, 0.2) is 0 Å². The van der Waals surface area contributed by atoms with Crippen molar-refractivity contribution in [3.8, 4) is 0 Å². The van der Waals surface area contributed by atoms with E-state index in [-0.39, 0.29) is 11.6 Å². The fourth-order valence-electron chi connectivity index (χ4n) is 4.56. The summed E-state index contributed by atoms with van der Waals surface area (Å²) in [6, 6.07) is 0.271. The van der Waals surface area contributed by atoms with Crippen LogP contribution in [-0.2, 0) is 4.74 Å². The molecule has 4 aliphatic rings. The number of hydrogen-bond donors (Lipinski definition) is 2. The predicted molar refractivity (Wildman–Crippen MR) is 63.6 cm³/mol. The summed E-state index contributed by atoms with van der Waals surface area (Å²) in [5.74, 6) is 8.32. The van der Waals surface area contributed by atoms with Gasteiger partial charge in [-0.25, -0.2) is 0 Å². The second kappa shape index (κ2) is 3.97. The van der Waals surface area contributed by atoms with Crippen molar-refractivity contribution in [1.29, 1.82) is 0 Å². The van der Waals surface area contributed by atoms with Crippen LogP contribution in [0.2, 0.25) is 0 Å². The van der Waals surface area contributed by atoms with Crippen molar-refractivity contribution in [1.82, 2.24) is 5.43 Å². The molecule has 0 aromatic heterocycles. The summed E-state index contributed by atoms with van der Waals surface area (Å²) < 4.78 is 6.25. The lowest BCUT2D eigenvalue weighted by molar-refractivity contribution is -0.165. The molecule has 0 heterocycles. The van der Waals surface area contributed by atoms with E-state index in [4.69, 9.17) is 10.6 Å². The van der Waals surface area contributed by atoms with E-state index in [0.29, 0.717) is 0 Å². The van der Waals surface area contributed by atoms with Crippen LogP contribution in [0.4, 0.5) is 0 Å². The molecule has 4 bridgehead atoms. The third-order valence-corrected chi connectivity index (χ3v) is 4.91. The molecule has 0 amide bonds. The summed E-state index contributed by atoms with van der Waals surface area (Å²) >= 11 is 0. The molecule has 0 saturated heterocycles. The van der Waals surface area contributed by atoms with E-state index in [2.05, 4.69) is 12.3 Å². The van der Waals surface area contributed by atoms with Gasteiger partial charge in [-0.3, -0.25) is 11.3 Å². The van der Waals surface area contributed by atoms with Gasteiger partial charge in [-0.05, 0) is 63.2 Å². The monoisotopic (exact) mass is 224 g/mol. The maximum absolute atomic E-state index is 6.25. The molecule has 0 aliphatic heterocycles. The average Bonchev–Trinajstić information content (AvgIpc) is 2.24. The normalized spacial score (nSPS) is 47.2. The molecule has 1 atom stereocenters. The Balaban J connectivity index is 1.64. The Morgan fingerprint density at radius 1 is 1.19 bits per heavy atom. The van der Waals surface area contributed by atoms with E-state index in [1.807, 2.05) is 0 Å². The zero-order chi connectivity index (χ0) is 11.2. The summed E-state index contributed by atoms with van der Waals surface area (Å²) in [6.07, 6.45) is 8.39. The first-order chi connectivity index (χ1) is 7.69. The van der Waals surface area contributed by atoms with Crippen LogP contribution in [0.5, 0.6) is 0 Å². The van der Waals surface area contributed by atoms with Crippen molar-refractivity contribution < 1.29 is 4.74 Å². The summed E-state index contributed by atoms with van der Waals surface area (Å²) in [5.41, 5.74) is 3.01. The van der Waals surface area contributed by atoms with Crippen LogP contribution in [0.3, 0.4) is 0 Å². The van der Waals surface area contributed by atoms with Gasteiger partial charge in [0.05, 0.1) is 12.2 Å². The number of hydrazine groups is 1. The highest BCUT2D eigenvalue weighted by Crippen LogP contribution is 2.57. The standard InChI is InChI=1S/C13H24N2O/c1-9(15-14)8-16-13-5-10-2-11(6-13)4-12(3-10)7-13/h9-12,15H,2-8,14H2,1H3. The molecule has 3 N–H and O–H groups in total. The molecule has 0 spiro atoms. The van der Waals surface area contributed by atoms with Crippen LogP contribution >= 0.6 is 0 Å². The lowest BCUT2D eigenvalue weighted by Crippen LogP contribution is -2.53. The van der Waals surface area contributed by atoms with E-state index in [1.54, 1.807) is 0 Å². The second-order valence-electron chi connectivity index (χ2n) is 6.48. The molecule has 92 valence electrons. The van der Waals surface area contributed by atoms with Crippen molar-refractivity contribution >= 4 is 0 Å². The molecule has 1 unspecified atom stereocenters. The van der Waals surface area contributed by atoms with Gasteiger partial charge in [-0.15, -0.1) is 0 Å². The highest BCUT2D eigenvalue weighted by atomic mass is 16.5. The summed E-state index contributed by atoms with van der Waals surface area (Å²) in [6.45, 7) is 2.85. The van der Waals surface area contributed by atoms with Gasteiger partial charge in [0.15, 0.2) is 0 Å². The molecule has 4 aliphatic carbocycles. The zero-order valence-corrected chi connectivity index (χ0v) is 10.2. The summed E-state index contributed by atoms with van der Waals surface area (Å²) in [4.78, 5) is 0. The van der Waals surface area contributed by atoms with Crippen LogP contribution in [0.25, 0.3) is 0 Å². The number of hydrogen-bond acceptors (Lipinski definition) is 3. The largest absolute Gasteiger partial charge is 0.373 e. The summed E-state index contributed by atoms with van der Waals surface area (Å²) in [5, 5.41) is 0. The fourth-order valence-corrected chi connectivity index (χ4v) is 4.56.